The van der Waals surface area contributed by atoms with Crippen molar-refractivity contribution in [2.75, 3.05) is 32.8 Å². The van der Waals surface area contributed by atoms with E-state index in [0.717, 1.165) is 39.3 Å². The first-order chi connectivity index (χ1) is 10.2. The molecule has 0 amide bonds. The second-order valence-electron chi connectivity index (χ2n) is 6.29. The fourth-order valence-electron chi connectivity index (χ4n) is 3.08. The summed E-state index contributed by atoms with van der Waals surface area (Å²) in [6, 6.07) is 11.8. The first-order valence-corrected chi connectivity index (χ1v) is 8.32. The molecule has 1 aliphatic rings. The second kappa shape index (κ2) is 8.52. The summed E-state index contributed by atoms with van der Waals surface area (Å²) >= 11 is 0. The van der Waals surface area contributed by atoms with Crippen molar-refractivity contribution in [3.05, 3.63) is 35.9 Å². The molecule has 1 aromatic carbocycles. The molecule has 1 saturated heterocycles. The van der Waals surface area contributed by atoms with Gasteiger partial charge in [0.15, 0.2) is 0 Å². The highest BCUT2D eigenvalue weighted by Gasteiger charge is 2.29. The smallest absolute Gasteiger partial charge is 0.0593 e. The van der Waals surface area contributed by atoms with E-state index < -0.39 is 0 Å². The molecule has 2 rings (SSSR count). The monoisotopic (exact) mass is 290 g/mol. The molecule has 0 spiro atoms. The largest absolute Gasteiger partial charge is 0.380 e. The Kier molecular flexibility index (Phi) is 6.68. The highest BCUT2D eigenvalue weighted by molar-refractivity contribution is 5.20. The topological polar surface area (TPSA) is 24.5 Å². The van der Waals surface area contributed by atoms with Crippen molar-refractivity contribution in [2.45, 2.75) is 39.3 Å². The Hall–Kier alpha value is -0.900. The highest BCUT2D eigenvalue weighted by atomic mass is 16.5. The molecule has 0 saturated carbocycles. The predicted octanol–water partition coefficient (Wildman–Crippen LogP) is 3.08. The van der Waals surface area contributed by atoms with Crippen LogP contribution in [0, 0.1) is 5.92 Å². The Balaban J connectivity index is 1.95. The molecule has 2 atom stereocenters. The number of hydrogen-bond acceptors (Lipinski definition) is 3. The highest BCUT2D eigenvalue weighted by Crippen LogP contribution is 2.22. The Morgan fingerprint density at radius 3 is 2.67 bits per heavy atom. The molecule has 1 N–H and O–H groups in total. The van der Waals surface area contributed by atoms with E-state index in [1.807, 2.05) is 0 Å². The molecule has 0 bridgehead atoms. The first-order valence-electron chi connectivity index (χ1n) is 8.32. The van der Waals surface area contributed by atoms with Gasteiger partial charge >= 0.3 is 0 Å². The van der Waals surface area contributed by atoms with Crippen molar-refractivity contribution in [3.63, 3.8) is 0 Å². The fraction of sp³-hybridized carbons (Fsp3) is 0.667. The van der Waals surface area contributed by atoms with Crippen LogP contribution in [0.15, 0.2) is 30.3 Å². The molecule has 0 aromatic heterocycles. The Morgan fingerprint density at radius 1 is 1.24 bits per heavy atom. The zero-order chi connectivity index (χ0) is 15.1. The molecule has 0 aliphatic carbocycles. The van der Waals surface area contributed by atoms with E-state index in [9.17, 15) is 0 Å². The third-order valence-electron chi connectivity index (χ3n) is 4.30. The third-order valence-corrected chi connectivity index (χ3v) is 4.30. The van der Waals surface area contributed by atoms with Gasteiger partial charge in [-0.1, -0.05) is 51.1 Å². The summed E-state index contributed by atoms with van der Waals surface area (Å²) in [6.45, 7) is 11.7. The molecule has 1 fully saturated rings. The summed E-state index contributed by atoms with van der Waals surface area (Å²) in [5.41, 5.74) is 1.39. The number of ether oxygens (including phenoxy) is 1. The summed E-state index contributed by atoms with van der Waals surface area (Å²) in [5, 5.41) is 3.72. The van der Waals surface area contributed by atoms with Crippen LogP contribution in [-0.4, -0.2) is 43.8 Å². The number of nitrogens with zero attached hydrogens (tertiary/aromatic N) is 1. The molecule has 0 radical (unpaired) electrons. The Labute approximate surface area is 129 Å². The van der Waals surface area contributed by atoms with Crippen molar-refractivity contribution in [3.8, 4) is 0 Å². The minimum atomic E-state index is 0.437. The third kappa shape index (κ3) is 4.80. The number of nitrogens with one attached hydrogen (secondary N) is 1. The van der Waals surface area contributed by atoms with Crippen LogP contribution >= 0.6 is 0 Å². The lowest BCUT2D eigenvalue weighted by Crippen LogP contribution is -2.55. The van der Waals surface area contributed by atoms with Gasteiger partial charge in [0.05, 0.1) is 6.61 Å². The second-order valence-corrected chi connectivity index (χ2v) is 6.29. The van der Waals surface area contributed by atoms with E-state index in [1.54, 1.807) is 0 Å². The Morgan fingerprint density at radius 2 is 2.00 bits per heavy atom. The average Bonchev–Trinajstić information content (AvgIpc) is 2.52. The lowest BCUT2D eigenvalue weighted by atomic mass is 9.96. The molecular formula is C18H30N2O. The summed E-state index contributed by atoms with van der Waals surface area (Å²) in [4.78, 5) is 2.61. The van der Waals surface area contributed by atoms with Crippen LogP contribution in [0.5, 0.6) is 0 Å². The molecule has 118 valence electrons. The van der Waals surface area contributed by atoms with Gasteiger partial charge in [-0.2, -0.15) is 0 Å². The quantitative estimate of drug-likeness (QED) is 0.781. The van der Waals surface area contributed by atoms with Gasteiger partial charge in [0.1, 0.15) is 0 Å². The van der Waals surface area contributed by atoms with Crippen LogP contribution in [-0.2, 0) is 4.74 Å². The predicted molar refractivity (Wildman–Crippen MR) is 88.5 cm³/mol. The zero-order valence-electron chi connectivity index (χ0n) is 13.7. The number of benzene rings is 1. The van der Waals surface area contributed by atoms with Gasteiger partial charge in [-0.25, -0.2) is 0 Å². The summed E-state index contributed by atoms with van der Waals surface area (Å²) in [6.07, 6.45) is 1.10. The number of rotatable bonds is 7. The maximum absolute atomic E-state index is 5.69. The molecular weight excluding hydrogens is 260 g/mol. The SMILES string of the molecule is CCCOCCN1CC(c2ccccc2)NCC1C(C)C. The molecule has 1 heterocycles. The molecule has 1 aliphatic heterocycles. The van der Waals surface area contributed by atoms with Crippen LogP contribution in [0.25, 0.3) is 0 Å². The van der Waals surface area contributed by atoms with Gasteiger partial charge in [0.2, 0.25) is 0 Å². The number of piperazine rings is 1. The molecule has 21 heavy (non-hydrogen) atoms. The first kappa shape index (κ1) is 16.5. The van der Waals surface area contributed by atoms with Gasteiger partial charge in [0.25, 0.3) is 0 Å². The molecule has 3 heteroatoms. The maximum atomic E-state index is 5.69. The fourth-order valence-corrected chi connectivity index (χ4v) is 3.08. The van der Waals surface area contributed by atoms with Gasteiger partial charge in [-0.3, -0.25) is 4.90 Å². The van der Waals surface area contributed by atoms with E-state index in [4.69, 9.17) is 4.74 Å². The van der Waals surface area contributed by atoms with Gasteiger partial charge in [-0.15, -0.1) is 0 Å². The van der Waals surface area contributed by atoms with Gasteiger partial charge in [-0.05, 0) is 17.9 Å². The molecule has 3 nitrogen and oxygen atoms in total. The Bertz CT molecular complexity index is 393. The summed E-state index contributed by atoms with van der Waals surface area (Å²) in [5.74, 6) is 0.667. The molecule has 2 unspecified atom stereocenters. The number of hydrogen-bond donors (Lipinski definition) is 1. The standard InChI is InChI=1S/C18H30N2O/c1-4-11-21-12-10-20-14-17(16-8-6-5-7-9-16)19-13-18(20)15(2)3/h5-9,15,17-19H,4,10-14H2,1-3H3. The van der Waals surface area contributed by atoms with Gasteiger partial charge in [0, 0.05) is 38.3 Å². The minimum Gasteiger partial charge on any atom is -0.380 e. The summed E-state index contributed by atoms with van der Waals surface area (Å²) < 4.78 is 5.69. The van der Waals surface area contributed by atoms with Crippen LogP contribution in [0.4, 0.5) is 0 Å². The van der Waals surface area contributed by atoms with Crippen molar-refractivity contribution in [2.24, 2.45) is 5.92 Å². The maximum Gasteiger partial charge on any atom is 0.0593 e. The lowest BCUT2D eigenvalue weighted by molar-refractivity contribution is 0.0503. The van der Waals surface area contributed by atoms with E-state index in [2.05, 4.69) is 61.3 Å². The zero-order valence-corrected chi connectivity index (χ0v) is 13.7. The van der Waals surface area contributed by atoms with Crippen LogP contribution in [0.1, 0.15) is 38.8 Å². The van der Waals surface area contributed by atoms with Crippen molar-refractivity contribution >= 4 is 0 Å². The van der Waals surface area contributed by atoms with E-state index in [-0.39, 0.29) is 0 Å². The van der Waals surface area contributed by atoms with Crippen LogP contribution < -0.4 is 5.32 Å². The van der Waals surface area contributed by atoms with Crippen molar-refractivity contribution in [1.29, 1.82) is 0 Å². The average molecular weight is 290 g/mol. The minimum absolute atomic E-state index is 0.437. The van der Waals surface area contributed by atoms with E-state index in [1.165, 1.54) is 5.56 Å². The van der Waals surface area contributed by atoms with Gasteiger partial charge < -0.3 is 10.1 Å². The summed E-state index contributed by atoms with van der Waals surface area (Å²) in [7, 11) is 0. The lowest BCUT2D eigenvalue weighted by Gasteiger charge is -2.42. The normalized spacial score (nSPS) is 23.6. The van der Waals surface area contributed by atoms with E-state index >= 15 is 0 Å². The van der Waals surface area contributed by atoms with Crippen molar-refractivity contribution < 1.29 is 4.74 Å². The molecule has 1 aromatic rings. The van der Waals surface area contributed by atoms with Crippen molar-refractivity contribution in [1.82, 2.24) is 10.2 Å². The van der Waals surface area contributed by atoms with Crippen LogP contribution in [0.3, 0.4) is 0 Å². The van der Waals surface area contributed by atoms with E-state index in [0.29, 0.717) is 18.0 Å². The van der Waals surface area contributed by atoms with Crippen LogP contribution in [0.2, 0.25) is 0 Å².